The fourth-order valence-electron chi connectivity index (χ4n) is 1.78. The minimum atomic E-state index is -0.0239. The van der Waals surface area contributed by atoms with Crippen LogP contribution in [0.5, 0.6) is 0 Å². The van der Waals surface area contributed by atoms with Gasteiger partial charge in [-0.1, -0.05) is 20.8 Å². The smallest absolute Gasteiger partial charge is 0.0511 e. The van der Waals surface area contributed by atoms with Crippen molar-refractivity contribution in [3.05, 3.63) is 0 Å². The number of nitrogens with two attached hydrogens (primary N) is 1. The van der Waals surface area contributed by atoms with Crippen molar-refractivity contribution in [2.45, 2.75) is 52.5 Å². The Bertz CT molecular complexity index is 121. The van der Waals surface area contributed by atoms with Gasteiger partial charge in [0.05, 0.1) is 6.61 Å². The highest BCUT2D eigenvalue weighted by atomic mass is 16.5. The Hall–Kier alpha value is -0.0800. The Labute approximate surface area is 82.8 Å². The van der Waals surface area contributed by atoms with Crippen LogP contribution in [0.1, 0.15) is 47.0 Å². The van der Waals surface area contributed by atoms with E-state index in [1.807, 2.05) is 6.92 Å². The molecule has 0 spiro atoms. The molecule has 0 rings (SSSR count). The van der Waals surface area contributed by atoms with Crippen LogP contribution in [-0.2, 0) is 4.74 Å². The van der Waals surface area contributed by atoms with Crippen LogP contribution in [-0.4, -0.2) is 18.8 Å². The first-order valence-corrected chi connectivity index (χ1v) is 5.51. The van der Waals surface area contributed by atoms with Crippen molar-refractivity contribution >= 4 is 0 Å². The Morgan fingerprint density at radius 3 is 2.00 bits per heavy atom. The predicted molar refractivity (Wildman–Crippen MR) is 57.8 cm³/mol. The lowest BCUT2D eigenvalue weighted by Gasteiger charge is -2.35. The Morgan fingerprint density at radius 2 is 1.69 bits per heavy atom. The summed E-state index contributed by atoms with van der Waals surface area (Å²) in [7, 11) is 0. The van der Waals surface area contributed by atoms with E-state index in [1.54, 1.807) is 0 Å². The molecule has 80 valence electrons. The molecule has 0 saturated carbocycles. The van der Waals surface area contributed by atoms with E-state index < -0.39 is 0 Å². The average molecular weight is 187 g/mol. The van der Waals surface area contributed by atoms with Crippen LogP contribution in [0.2, 0.25) is 0 Å². The number of hydrogen-bond donors (Lipinski definition) is 1. The van der Waals surface area contributed by atoms with Crippen LogP contribution < -0.4 is 5.73 Å². The fourth-order valence-corrected chi connectivity index (χ4v) is 1.78. The molecule has 1 unspecified atom stereocenters. The number of hydrogen-bond acceptors (Lipinski definition) is 2. The minimum Gasteiger partial charge on any atom is -0.381 e. The SMILES string of the molecule is CCOCC(CC)C(N)(CC)CC. The van der Waals surface area contributed by atoms with Crippen molar-refractivity contribution in [1.29, 1.82) is 0 Å². The monoisotopic (exact) mass is 187 g/mol. The molecule has 0 fully saturated rings. The maximum Gasteiger partial charge on any atom is 0.0511 e. The van der Waals surface area contributed by atoms with E-state index in [2.05, 4.69) is 20.8 Å². The van der Waals surface area contributed by atoms with E-state index in [4.69, 9.17) is 10.5 Å². The van der Waals surface area contributed by atoms with Crippen LogP contribution in [0, 0.1) is 5.92 Å². The third-order valence-electron chi connectivity index (χ3n) is 3.15. The molecule has 0 aliphatic rings. The molecule has 1 atom stereocenters. The third-order valence-corrected chi connectivity index (χ3v) is 3.15. The average Bonchev–Trinajstić information content (AvgIpc) is 2.18. The quantitative estimate of drug-likeness (QED) is 0.665. The van der Waals surface area contributed by atoms with Gasteiger partial charge < -0.3 is 10.5 Å². The van der Waals surface area contributed by atoms with Gasteiger partial charge in [0, 0.05) is 12.1 Å². The van der Waals surface area contributed by atoms with E-state index in [1.165, 1.54) is 0 Å². The highest BCUT2D eigenvalue weighted by Crippen LogP contribution is 2.25. The van der Waals surface area contributed by atoms with Crippen LogP contribution in [0.15, 0.2) is 0 Å². The zero-order valence-corrected chi connectivity index (χ0v) is 9.60. The van der Waals surface area contributed by atoms with Crippen molar-refractivity contribution in [2.75, 3.05) is 13.2 Å². The van der Waals surface area contributed by atoms with Gasteiger partial charge in [-0.3, -0.25) is 0 Å². The molecule has 0 saturated heterocycles. The molecule has 0 aromatic carbocycles. The molecule has 0 aliphatic carbocycles. The fraction of sp³-hybridized carbons (Fsp3) is 1.00. The first kappa shape index (κ1) is 12.9. The molecule has 2 heteroatoms. The second kappa shape index (κ2) is 6.39. The van der Waals surface area contributed by atoms with Gasteiger partial charge in [0.15, 0.2) is 0 Å². The standard InChI is InChI=1S/C11H25NO/c1-5-10(9-13-8-4)11(12,6-2)7-3/h10H,5-9,12H2,1-4H3. The highest BCUT2D eigenvalue weighted by Gasteiger charge is 2.29. The minimum absolute atomic E-state index is 0.0239. The van der Waals surface area contributed by atoms with Gasteiger partial charge in [0.2, 0.25) is 0 Å². The summed E-state index contributed by atoms with van der Waals surface area (Å²) in [6.07, 6.45) is 3.18. The van der Waals surface area contributed by atoms with Gasteiger partial charge in [-0.05, 0) is 32.1 Å². The van der Waals surface area contributed by atoms with Crippen LogP contribution >= 0.6 is 0 Å². The van der Waals surface area contributed by atoms with Gasteiger partial charge in [-0.15, -0.1) is 0 Å². The van der Waals surface area contributed by atoms with Crippen molar-refractivity contribution < 1.29 is 4.74 Å². The molecule has 0 aliphatic heterocycles. The summed E-state index contributed by atoms with van der Waals surface area (Å²) in [5.41, 5.74) is 6.29. The summed E-state index contributed by atoms with van der Waals surface area (Å²) in [5.74, 6) is 0.502. The molecule has 2 N–H and O–H groups in total. The molecule has 0 aromatic rings. The Balaban J connectivity index is 4.16. The summed E-state index contributed by atoms with van der Waals surface area (Å²) in [5, 5.41) is 0. The third kappa shape index (κ3) is 3.65. The van der Waals surface area contributed by atoms with E-state index in [-0.39, 0.29) is 5.54 Å². The molecular weight excluding hydrogens is 162 g/mol. The predicted octanol–water partition coefficient (Wildman–Crippen LogP) is 2.57. The molecule has 0 radical (unpaired) electrons. The summed E-state index contributed by atoms with van der Waals surface area (Å²) < 4.78 is 5.46. The van der Waals surface area contributed by atoms with E-state index in [9.17, 15) is 0 Å². The maximum absolute atomic E-state index is 6.31. The van der Waals surface area contributed by atoms with Gasteiger partial charge in [-0.2, -0.15) is 0 Å². The molecule has 13 heavy (non-hydrogen) atoms. The second-order valence-electron chi connectivity index (χ2n) is 3.70. The molecule has 0 bridgehead atoms. The van der Waals surface area contributed by atoms with Gasteiger partial charge >= 0.3 is 0 Å². The Morgan fingerprint density at radius 1 is 1.15 bits per heavy atom. The lowest BCUT2D eigenvalue weighted by molar-refractivity contribution is 0.0692. The topological polar surface area (TPSA) is 35.2 Å². The summed E-state index contributed by atoms with van der Waals surface area (Å²) in [4.78, 5) is 0. The van der Waals surface area contributed by atoms with Crippen LogP contribution in [0.3, 0.4) is 0 Å². The summed E-state index contributed by atoms with van der Waals surface area (Å²) in [6, 6.07) is 0. The molecular formula is C11H25NO. The molecule has 0 aromatic heterocycles. The Kier molecular flexibility index (Phi) is 6.35. The van der Waals surface area contributed by atoms with Gasteiger partial charge in [0.25, 0.3) is 0 Å². The second-order valence-corrected chi connectivity index (χ2v) is 3.70. The van der Waals surface area contributed by atoms with Crippen molar-refractivity contribution in [2.24, 2.45) is 11.7 Å². The van der Waals surface area contributed by atoms with E-state index >= 15 is 0 Å². The number of rotatable bonds is 7. The van der Waals surface area contributed by atoms with Gasteiger partial charge in [0.1, 0.15) is 0 Å². The lowest BCUT2D eigenvalue weighted by atomic mass is 9.79. The van der Waals surface area contributed by atoms with Gasteiger partial charge in [-0.25, -0.2) is 0 Å². The van der Waals surface area contributed by atoms with Crippen molar-refractivity contribution in [1.82, 2.24) is 0 Å². The first-order valence-electron chi connectivity index (χ1n) is 5.51. The normalized spacial score (nSPS) is 14.5. The zero-order valence-electron chi connectivity index (χ0n) is 9.60. The first-order chi connectivity index (χ1) is 6.14. The van der Waals surface area contributed by atoms with Crippen LogP contribution in [0.4, 0.5) is 0 Å². The van der Waals surface area contributed by atoms with Crippen molar-refractivity contribution in [3.63, 3.8) is 0 Å². The highest BCUT2D eigenvalue weighted by molar-refractivity contribution is 4.88. The summed E-state index contributed by atoms with van der Waals surface area (Å²) >= 11 is 0. The molecule has 2 nitrogen and oxygen atoms in total. The lowest BCUT2D eigenvalue weighted by Crippen LogP contribution is -2.47. The maximum atomic E-state index is 6.31. The molecule has 0 heterocycles. The largest absolute Gasteiger partial charge is 0.381 e. The van der Waals surface area contributed by atoms with Crippen molar-refractivity contribution in [3.8, 4) is 0 Å². The molecule has 0 amide bonds. The summed E-state index contributed by atoms with van der Waals surface area (Å²) in [6.45, 7) is 10.2. The van der Waals surface area contributed by atoms with E-state index in [0.717, 1.165) is 32.5 Å². The zero-order chi connectivity index (χ0) is 10.3. The number of ether oxygens (including phenoxy) is 1. The van der Waals surface area contributed by atoms with E-state index in [0.29, 0.717) is 5.92 Å². The van der Waals surface area contributed by atoms with Crippen LogP contribution in [0.25, 0.3) is 0 Å².